The van der Waals surface area contributed by atoms with Gasteiger partial charge in [0.05, 0.1) is 5.69 Å². The molecule has 0 fully saturated rings. The van der Waals surface area contributed by atoms with Crippen LogP contribution in [-0.2, 0) is 10.0 Å². The second kappa shape index (κ2) is 4.82. The lowest BCUT2D eigenvalue weighted by atomic mass is 10.3. The van der Waals surface area contributed by atoms with Gasteiger partial charge in [0.1, 0.15) is 10.7 Å². The van der Waals surface area contributed by atoms with E-state index in [0.29, 0.717) is 10.3 Å². The van der Waals surface area contributed by atoms with Crippen molar-refractivity contribution in [3.05, 3.63) is 28.5 Å². The molecule has 0 unspecified atom stereocenters. The first-order valence-corrected chi connectivity index (χ1v) is 7.81. The van der Waals surface area contributed by atoms with Gasteiger partial charge >= 0.3 is 0 Å². The molecule has 2 rings (SSSR count). The van der Waals surface area contributed by atoms with Gasteiger partial charge in [-0.1, -0.05) is 15.9 Å². The Morgan fingerprint density at radius 3 is 2.72 bits per heavy atom. The van der Waals surface area contributed by atoms with E-state index in [4.69, 9.17) is 5.73 Å². The van der Waals surface area contributed by atoms with Crippen LogP contribution in [0, 0.1) is 6.92 Å². The van der Waals surface area contributed by atoms with E-state index in [1.54, 1.807) is 13.0 Å². The second-order valence-electron chi connectivity index (χ2n) is 3.43. The molecule has 1 aromatic carbocycles. The van der Waals surface area contributed by atoms with Crippen LogP contribution in [-0.4, -0.2) is 17.8 Å². The monoisotopic (exact) mass is 348 g/mol. The summed E-state index contributed by atoms with van der Waals surface area (Å²) in [6, 6.07) is 4.56. The maximum atomic E-state index is 12.1. The molecular weight excluding hydrogens is 340 g/mol. The molecule has 0 aliphatic carbocycles. The van der Waals surface area contributed by atoms with E-state index in [2.05, 4.69) is 30.0 Å². The first-order chi connectivity index (χ1) is 8.38. The molecule has 0 radical (unpaired) electrons. The van der Waals surface area contributed by atoms with Crippen LogP contribution in [0.2, 0.25) is 0 Å². The number of nitrogen functional groups attached to an aromatic ring is 1. The van der Waals surface area contributed by atoms with Crippen LogP contribution in [0.5, 0.6) is 0 Å². The van der Waals surface area contributed by atoms with Crippen molar-refractivity contribution in [2.24, 2.45) is 0 Å². The number of aryl methyl sites for hydroxylation is 1. The Morgan fingerprint density at radius 2 is 2.17 bits per heavy atom. The number of nitrogens with two attached hydrogens (primary N) is 1. The highest BCUT2D eigenvalue weighted by Gasteiger charge is 2.19. The number of rotatable bonds is 3. The molecule has 0 aliphatic rings. The lowest BCUT2D eigenvalue weighted by Crippen LogP contribution is -2.14. The van der Waals surface area contributed by atoms with Crippen LogP contribution in [0.1, 0.15) is 5.82 Å². The van der Waals surface area contributed by atoms with Crippen molar-refractivity contribution < 1.29 is 8.42 Å². The Labute approximate surface area is 117 Å². The zero-order chi connectivity index (χ0) is 13.3. The number of anilines is 2. The number of aromatic nitrogens is 2. The minimum absolute atomic E-state index is 0.0125. The summed E-state index contributed by atoms with van der Waals surface area (Å²) in [6.45, 7) is 1.68. The Morgan fingerprint density at radius 1 is 1.44 bits per heavy atom. The second-order valence-corrected chi connectivity index (χ2v) is 6.75. The van der Waals surface area contributed by atoms with Crippen LogP contribution < -0.4 is 10.5 Å². The molecule has 0 saturated carbocycles. The Balaban J connectivity index is 2.36. The summed E-state index contributed by atoms with van der Waals surface area (Å²) < 4.78 is 31.1. The summed E-state index contributed by atoms with van der Waals surface area (Å²) in [5, 5.41) is 0.217. The van der Waals surface area contributed by atoms with E-state index in [1.165, 1.54) is 12.1 Å². The lowest BCUT2D eigenvalue weighted by Gasteiger charge is -2.07. The van der Waals surface area contributed by atoms with Crippen molar-refractivity contribution in [2.45, 2.75) is 11.8 Å². The molecule has 6 nitrogen and oxygen atoms in total. The summed E-state index contributed by atoms with van der Waals surface area (Å²) in [5.74, 6) is 0.515. The minimum Gasteiger partial charge on any atom is -0.398 e. The fraction of sp³-hybridized carbons (Fsp3) is 0.111. The smallest absolute Gasteiger partial charge is 0.265 e. The number of nitrogens with one attached hydrogen (secondary N) is 1. The fourth-order valence-corrected chi connectivity index (χ4v) is 3.56. The van der Waals surface area contributed by atoms with Crippen LogP contribution >= 0.6 is 27.5 Å². The molecule has 2 aromatic rings. The van der Waals surface area contributed by atoms with Crippen molar-refractivity contribution >= 4 is 48.3 Å². The van der Waals surface area contributed by atoms with Gasteiger partial charge in [-0.15, -0.1) is 0 Å². The standard InChI is InChI=1S/C9H9BrN4O2S2/c1-5-12-9(17-13-5)14-18(15,16)8-3-2-6(10)4-7(8)11/h2-4H,11H2,1H3,(H,12,13,14). The van der Waals surface area contributed by atoms with E-state index in [1.807, 2.05) is 0 Å². The molecule has 0 aliphatic heterocycles. The number of hydrogen-bond acceptors (Lipinski definition) is 6. The van der Waals surface area contributed by atoms with Crippen LogP contribution in [0.4, 0.5) is 10.8 Å². The van der Waals surface area contributed by atoms with E-state index in [-0.39, 0.29) is 15.7 Å². The first-order valence-electron chi connectivity index (χ1n) is 4.76. The zero-order valence-corrected chi connectivity index (χ0v) is 12.4. The van der Waals surface area contributed by atoms with Gasteiger partial charge in [0.15, 0.2) is 0 Å². The third-order valence-electron chi connectivity index (χ3n) is 2.01. The van der Waals surface area contributed by atoms with E-state index in [0.717, 1.165) is 11.5 Å². The predicted octanol–water partition coefficient (Wildman–Crippen LogP) is 1.99. The topological polar surface area (TPSA) is 98.0 Å². The highest BCUT2D eigenvalue weighted by atomic mass is 79.9. The Hall–Kier alpha value is -1.19. The lowest BCUT2D eigenvalue weighted by molar-refractivity contribution is 0.601. The minimum atomic E-state index is -3.74. The van der Waals surface area contributed by atoms with Gasteiger partial charge in [0, 0.05) is 16.0 Å². The number of sulfonamides is 1. The maximum absolute atomic E-state index is 12.1. The summed E-state index contributed by atoms with van der Waals surface area (Å²) >= 11 is 4.20. The highest BCUT2D eigenvalue weighted by molar-refractivity contribution is 9.10. The predicted molar refractivity (Wildman–Crippen MR) is 74.0 cm³/mol. The van der Waals surface area contributed by atoms with Gasteiger partial charge in [-0.25, -0.2) is 13.4 Å². The van der Waals surface area contributed by atoms with Crippen LogP contribution in [0.25, 0.3) is 0 Å². The van der Waals surface area contributed by atoms with Crippen molar-refractivity contribution in [1.29, 1.82) is 0 Å². The Bertz CT molecular complexity index is 684. The number of hydrogen-bond donors (Lipinski definition) is 2. The van der Waals surface area contributed by atoms with Crippen molar-refractivity contribution in [1.82, 2.24) is 9.36 Å². The number of halogens is 1. The third kappa shape index (κ3) is 2.79. The van der Waals surface area contributed by atoms with Gasteiger partial charge in [-0.2, -0.15) is 4.37 Å². The SMILES string of the molecule is Cc1nsc(NS(=O)(=O)c2ccc(Br)cc2N)n1. The fourth-order valence-electron chi connectivity index (χ4n) is 1.27. The molecule has 0 bridgehead atoms. The number of nitrogens with zero attached hydrogens (tertiary/aromatic N) is 2. The van der Waals surface area contributed by atoms with E-state index < -0.39 is 10.0 Å². The first kappa shape index (κ1) is 13.2. The summed E-state index contributed by atoms with van der Waals surface area (Å²) in [7, 11) is -3.74. The maximum Gasteiger partial charge on any atom is 0.265 e. The molecule has 96 valence electrons. The van der Waals surface area contributed by atoms with Crippen molar-refractivity contribution in [3.63, 3.8) is 0 Å². The van der Waals surface area contributed by atoms with Crippen LogP contribution in [0.3, 0.4) is 0 Å². The van der Waals surface area contributed by atoms with Gasteiger partial charge in [0.25, 0.3) is 10.0 Å². The van der Waals surface area contributed by atoms with Crippen LogP contribution in [0.15, 0.2) is 27.6 Å². The molecule has 0 saturated heterocycles. The zero-order valence-electron chi connectivity index (χ0n) is 9.21. The molecule has 18 heavy (non-hydrogen) atoms. The molecule has 1 heterocycles. The van der Waals surface area contributed by atoms with E-state index in [9.17, 15) is 8.42 Å². The molecular formula is C9H9BrN4O2S2. The average molecular weight is 349 g/mol. The normalized spacial score (nSPS) is 11.4. The molecule has 0 atom stereocenters. The van der Waals surface area contributed by atoms with Crippen molar-refractivity contribution in [3.8, 4) is 0 Å². The molecule has 0 spiro atoms. The average Bonchev–Trinajstić information content (AvgIpc) is 2.62. The largest absolute Gasteiger partial charge is 0.398 e. The van der Waals surface area contributed by atoms with Gasteiger partial charge < -0.3 is 5.73 Å². The summed E-state index contributed by atoms with van der Waals surface area (Å²) in [6.07, 6.45) is 0. The molecule has 3 N–H and O–H groups in total. The third-order valence-corrected chi connectivity index (χ3v) is 4.77. The summed E-state index contributed by atoms with van der Waals surface area (Å²) in [5.41, 5.74) is 5.85. The summed E-state index contributed by atoms with van der Waals surface area (Å²) in [4.78, 5) is 3.95. The van der Waals surface area contributed by atoms with Gasteiger partial charge in [-0.05, 0) is 25.1 Å². The Kier molecular flexibility index (Phi) is 3.55. The highest BCUT2D eigenvalue weighted by Crippen LogP contribution is 2.25. The quantitative estimate of drug-likeness (QED) is 0.826. The van der Waals surface area contributed by atoms with Gasteiger partial charge in [-0.3, -0.25) is 4.72 Å². The number of benzene rings is 1. The van der Waals surface area contributed by atoms with E-state index >= 15 is 0 Å². The molecule has 9 heteroatoms. The van der Waals surface area contributed by atoms with Crippen molar-refractivity contribution in [2.75, 3.05) is 10.5 Å². The molecule has 0 amide bonds. The molecule has 1 aromatic heterocycles. The van der Waals surface area contributed by atoms with Gasteiger partial charge in [0.2, 0.25) is 5.13 Å².